The molecule has 1 aromatic heterocycles. The Morgan fingerprint density at radius 3 is 2.43 bits per heavy atom. The number of anilines is 2. The van der Waals surface area contributed by atoms with E-state index in [0.29, 0.717) is 29.0 Å². The van der Waals surface area contributed by atoms with Crippen molar-refractivity contribution in [2.75, 3.05) is 17.7 Å². The molecule has 154 valence electrons. The molecule has 0 bridgehead atoms. The van der Waals surface area contributed by atoms with E-state index in [4.69, 9.17) is 27.9 Å². The van der Waals surface area contributed by atoms with Crippen LogP contribution in [-0.2, 0) is 4.79 Å². The normalized spacial score (nSPS) is 10.4. The maximum Gasteiger partial charge on any atom is 0.256 e. The molecular formula is C22H19Cl2N3O3. The summed E-state index contributed by atoms with van der Waals surface area (Å²) in [6, 6.07) is 12.3. The van der Waals surface area contributed by atoms with Gasteiger partial charge in [0.15, 0.2) is 0 Å². The number of rotatable bonds is 6. The number of ether oxygens (including phenoxy) is 1. The topological polar surface area (TPSA) is 80.3 Å². The molecule has 2 amide bonds. The monoisotopic (exact) mass is 443 g/mol. The van der Waals surface area contributed by atoms with Crippen LogP contribution in [0.3, 0.4) is 0 Å². The highest BCUT2D eigenvalue weighted by molar-refractivity contribution is 6.39. The molecular weight excluding hydrogens is 425 g/mol. The van der Waals surface area contributed by atoms with Crippen LogP contribution in [0.15, 0.2) is 54.9 Å². The number of nitrogens with one attached hydrogen (secondary N) is 2. The van der Waals surface area contributed by atoms with Crippen molar-refractivity contribution in [2.45, 2.75) is 13.3 Å². The van der Waals surface area contributed by atoms with E-state index in [2.05, 4.69) is 15.6 Å². The molecule has 0 aliphatic heterocycles. The largest absolute Gasteiger partial charge is 0.497 e. The lowest BCUT2D eigenvalue weighted by atomic mass is 9.98. The van der Waals surface area contributed by atoms with Gasteiger partial charge in [0.1, 0.15) is 5.75 Å². The first-order valence-corrected chi connectivity index (χ1v) is 9.87. The summed E-state index contributed by atoms with van der Waals surface area (Å²) in [5.41, 5.74) is 2.66. The second-order valence-corrected chi connectivity index (χ2v) is 7.14. The first kappa shape index (κ1) is 21.6. The fourth-order valence-corrected chi connectivity index (χ4v) is 3.27. The van der Waals surface area contributed by atoms with Crippen molar-refractivity contribution in [1.29, 1.82) is 0 Å². The van der Waals surface area contributed by atoms with Crippen molar-refractivity contribution < 1.29 is 14.3 Å². The summed E-state index contributed by atoms with van der Waals surface area (Å²) in [7, 11) is 1.55. The number of hydrogen-bond acceptors (Lipinski definition) is 4. The minimum Gasteiger partial charge on any atom is -0.497 e. The molecule has 0 unspecified atom stereocenters. The van der Waals surface area contributed by atoms with Crippen LogP contribution in [0, 0.1) is 0 Å². The fourth-order valence-electron chi connectivity index (χ4n) is 2.81. The lowest BCUT2D eigenvalue weighted by Crippen LogP contribution is -2.14. The molecule has 0 spiro atoms. The summed E-state index contributed by atoms with van der Waals surface area (Å²) in [6.45, 7) is 1.78. The number of carbonyl (C=O) groups excluding carboxylic acids is 2. The zero-order valence-electron chi connectivity index (χ0n) is 16.3. The van der Waals surface area contributed by atoms with Crippen molar-refractivity contribution >= 4 is 46.4 Å². The summed E-state index contributed by atoms with van der Waals surface area (Å²) in [4.78, 5) is 28.7. The smallest absolute Gasteiger partial charge is 0.256 e. The van der Waals surface area contributed by atoms with Gasteiger partial charge in [-0.25, -0.2) is 0 Å². The van der Waals surface area contributed by atoms with Crippen LogP contribution in [0.2, 0.25) is 10.0 Å². The van der Waals surface area contributed by atoms with E-state index < -0.39 is 5.91 Å². The molecule has 0 atom stereocenters. The van der Waals surface area contributed by atoms with Gasteiger partial charge in [-0.15, -0.1) is 0 Å². The number of nitrogens with zero attached hydrogens (tertiary/aromatic N) is 1. The summed E-state index contributed by atoms with van der Waals surface area (Å²) in [5, 5.41) is 6.03. The second-order valence-electron chi connectivity index (χ2n) is 6.33. The Hall–Kier alpha value is -3.09. The van der Waals surface area contributed by atoms with Crippen molar-refractivity contribution in [1.82, 2.24) is 4.98 Å². The molecule has 0 aliphatic rings. The number of aromatic nitrogens is 1. The number of benzene rings is 2. The van der Waals surface area contributed by atoms with Crippen molar-refractivity contribution in [3.05, 3.63) is 70.5 Å². The minimum atomic E-state index is -0.398. The Balaban J connectivity index is 2.02. The maximum absolute atomic E-state index is 13.1. The number of methoxy groups -OCH3 is 1. The van der Waals surface area contributed by atoms with Gasteiger partial charge in [0.2, 0.25) is 5.91 Å². The molecule has 6 nitrogen and oxygen atoms in total. The Kier molecular flexibility index (Phi) is 6.92. The van der Waals surface area contributed by atoms with Crippen molar-refractivity contribution in [3.63, 3.8) is 0 Å². The van der Waals surface area contributed by atoms with Gasteiger partial charge in [0, 0.05) is 30.1 Å². The van der Waals surface area contributed by atoms with Crippen LogP contribution in [0.5, 0.6) is 5.75 Å². The molecule has 0 aliphatic carbocycles. The van der Waals surface area contributed by atoms with Gasteiger partial charge in [-0.2, -0.15) is 0 Å². The summed E-state index contributed by atoms with van der Waals surface area (Å²) < 4.78 is 5.33. The molecule has 1 heterocycles. The quantitative estimate of drug-likeness (QED) is 0.514. The minimum absolute atomic E-state index is 0.0993. The molecule has 8 heteroatoms. The number of hydrogen-bond donors (Lipinski definition) is 2. The molecule has 3 rings (SSSR count). The van der Waals surface area contributed by atoms with E-state index in [0.717, 1.165) is 5.56 Å². The van der Waals surface area contributed by atoms with Gasteiger partial charge in [0.05, 0.1) is 22.8 Å². The zero-order valence-corrected chi connectivity index (χ0v) is 17.8. The zero-order chi connectivity index (χ0) is 21.7. The Bertz CT molecular complexity index is 1080. The van der Waals surface area contributed by atoms with Crippen LogP contribution in [0.25, 0.3) is 11.1 Å². The lowest BCUT2D eigenvalue weighted by molar-refractivity contribution is -0.115. The van der Waals surface area contributed by atoms with E-state index in [1.54, 1.807) is 50.4 Å². The number of carbonyl (C=O) groups is 2. The fraction of sp³-hybridized carbons (Fsp3) is 0.136. The Morgan fingerprint density at radius 2 is 1.77 bits per heavy atom. The average Bonchev–Trinajstić information content (AvgIpc) is 2.76. The van der Waals surface area contributed by atoms with E-state index in [1.165, 1.54) is 12.4 Å². The third-order valence-corrected chi connectivity index (χ3v) is 4.91. The number of pyridine rings is 1. The maximum atomic E-state index is 13.1. The number of halogens is 2. The molecule has 0 saturated heterocycles. The predicted molar refractivity (Wildman–Crippen MR) is 120 cm³/mol. The van der Waals surface area contributed by atoms with Crippen LogP contribution in [0.4, 0.5) is 11.4 Å². The predicted octanol–water partition coefficient (Wildman–Crippen LogP) is 5.66. The molecule has 2 N–H and O–H groups in total. The highest BCUT2D eigenvalue weighted by Gasteiger charge is 2.17. The van der Waals surface area contributed by atoms with Gasteiger partial charge in [-0.05, 0) is 41.5 Å². The first-order chi connectivity index (χ1) is 14.4. The van der Waals surface area contributed by atoms with Gasteiger partial charge in [-0.1, -0.05) is 42.3 Å². The van der Waals surface area contributed by atoms with Crippen molar-refractivity contribution in [2.24, 2.45) is 0 Å². The van der Waals surface area contributed by atoms with Gasteiger partial charge >= 0.3 is 0 Å². The van der Waals surface area contributed by atoms with E-state index in [9.17, 15) is 9.59 Å². The summed E-state index contributed by atoms with van der Waals surface area (Å²) in [6.07, 6.45) is 3.17. The molecule has 0 saturated carbocycles. The molecule has 2 aromatic carbocycles. The van der Waals surface area contributed by atoms with Crippen LogP contribution < -0.4 is 15.4 Å². The SMILES string of the molecule is CCC(=O)Nc1cccc(-c2cc(OC)ccc2C(=O)Nc2c(Cl)cncc2Cl)c1. The standard InChI is InChI=1S/C22H19Cl2N3O3/c1-3-20(28)26-14-6-4-5-13(9-14)17-10-15(30-2)7-8-16(17)22(29)27-21-18(23)11-25-12-19(21)24/h4-12H,3H2,1-2H3,(H,26,28)(H,25,27,29). The van der Waals surface area contributed by atoms with Gasteiger partial charge in [0.25, 0.3) is 5.91 Å². The Labute approximate surface area is 184 Å². The first-order valence-electron chi connectivity index (χ1n) is 9.11. The third kappa shape index (κ3) is 4.90. The molecule has 30 heavy (non-hydrogen) atoms. The average molecular weight is 444 g/mol. The van der Waals surface area contributed by atoms with E-state index in [-0.39, 0.29) is 21.6 Å². The molecule has 0 fully saturated rings. The van der Waals surface area contributed by atoms with Crippen molar-refractivity contribution in [3.8, 4) is 16.9 Å². The summed E-state index contributed by atoms with van der Waals surface area (Å²) >= 11 is 12.3. The number of amides is 2. The van der Waals surface area contributed by atoms with Crippen LogP contribution in [-0.4, -0.2) is 23.9 Å². The molecule has 0 radical (unpaired) electrons. The van der Waals surface area contributed by atoms with Gasteiger partial charge < -0.3 is 15.4 Å². The van der Waals surface area contributed by atoms with Gasteiger partial charge in [-0.3, -0.25) is 14.6 Å². The highest BCUT2D eigenvalue weighted by Crippen LogP contribution is 2.33. The summed E-state index contributed by atoms with van der Waals surface area (Å²) in [5.74, 6) is 0.0907. The highest BCUT2D eigenvalue weighted by atomic mass is 35.5. The van der Waals surface area contributed by atoms with Crippen LogP contribution >= 0.6 is 23.2 Å². The van der Waals surface area contributed by atoms with E-state index in [1.807, 2.05) is 6.07 Å². The van der Waals surface area contributed by atoms with Crippen LogP contribution in [0.1, 0.15) is 23.7 Å². The third-order valence-electron chi connectivity index (χ3n) is 4.34. The Morgan fingerprint density at radius 1 is 1.03 bits per heavy atom. The second kappa shape index (κ2) is 9.61. The van der Waals surface area contributed by atoms with E-state index >= 15 is 0 Å². The molecule has 3 aromatic rings. The lowest BCUT2D eigenvalue weighted by Gasteiger charge is -2.14.